The second kappa shape index (κ2) is 10.2. The molecule has 0 amide bonds. The molecule has 0 radical (unpaired) electrons. The van der Waals surface area contributed by atoms with E-state index in [9.17, 15) is 4.79 Å². The van der Waals surface area contributed by atoms with Gasteiger partial charge < -0.3 is 19.6 Å². The number of esters is 1. The molecule has 8 heteroatoms. The molecule has 0 heterocycles. The van der Waals surface area contributed by atoms with Crippen LogP contribution >= 0.6 is 34.2 Å². The highest BCUT2D eigenvalue weighted by atomic mass is 127. The summed E-state index contributed by atoms with van der Waals surface area (Å²) >= 11 is 8.22. The van der Waals surface area contributed by atoms with Gasteiger partial charge in [-0.3, -0.25) is 0 Å². The summed E-state index contributed by atoms with van der Waals surface area (Å²) < 4.78 is 16.2. The molecule has 2 aromatic carbocycles. The Labute approximate surface area is 170 Å². The first-order chi connectivity index (χ1) is 12.5. The fourth-order valence-electron chi connectivity index (χ4n) is 2.04. The summed E-state index contributed by atoms with van der Waals surface area (Å²) in [6, 6.07) is 11.2. The Bertz CT molecular complexity index is 799. The highest BCUT2D eigenvalue weighted by molar-refractivity contribution is 14.1. The topological polar surface area (TPSA) is 69.2 Å². The van der Waals surface area contributed by atoms with Crippen molar-refractivity contribution in [3.63, 3.8) is 0 Å². The van der Waals surface area contributed by atoms with Gasteiger partial charge in [0.15, 0.2) is 18.1 Å². The molecule has 138 valence electrons. The fourth-order valence-corrected chi connectivity index (χ4v) is 3.02. The summed E-state index contributed by atoms with van der Waals surface area (Å²) in [6.07, 6.45) is 1.67. The van der Waals surface area contributed by atoms with Crippen molar-refractivity contribution in [1.29, 1.82) is 0 Å². The second-order valence-electron chi connectivity index (χ2n) is 5.08. The maximum Gasteiger partial charge on any atom is 0.343 e. The summed E-state index contributed by atoms with van der Waals surface area (Å²) in [5, 5.41) is 4.90. The number of hydrogen-bond acceptors (Lipinski definition) is 6. The molecule has 0 aliphatic rings. The molecular formula is C18H18ClIN2O4. The molecule has 0 aliphatic heterocycles. The van der Waals surface area contributed by atoms with Crippen molar-refractivity contribution in [1.82, 2.24) is 5.43 Å². The molecule has 1 N–H and O–H groups in total. The molecule has 2 aromatic rings. The van der Waals surface area contributed by atoms with E-state index in [2.05, 4.69) is 37.9 Å². The minimum atomic E-state index is -0.461. The third-order valence-corrected chi connectivity index (χ3v) is 4.52. The van der Waals surface area contributed by atoms with Crippen LogP contribution in [0, 0.1) is 3.57 Å². The summed E-state index contributed by atoms with van der Waals surface area (Å²) in [5.41, 5.74) is 4.75. The Hall–Kier alpha value is -2.00. The third kappa shape index (κ3) is 5.77. The van der Waals surface area contributed by atoms with E-state index in [4.69, 9.17) is 21.1 Å². The number of carbonyl (C=O) groups is 1. The summed E-state index contributed by atoms with van der Waals surface area (Å²) in [4.78, 5) is 11.2. The van der Waals surface area contributed by atoms with Gasteiger partial charge in [-0.1, -0.05) is 29.8 Å². The van der Waals surface area contributed by atoms with E-state index in [1.807, 2.05) is 30.3 Å². The third-order valence-electron chi connectivity index (χ3n) is 3.35. The van der Waals surface area contributed by atoms with E-state index in [1.165, 1.54) is 14.2 Å². The van der Waals surface area contributed by atoms with Crippen molar-refractivity contribution in [3.8, 4) is 11.5 Å². The summed E-state index contributed by atoms with van der Waals surface area (Å²) in [6.45, 7) is 0.334. The van der Waals surface area contributed by atoms with E-state index in [1.54, 1.807) is 12.3 Å². The van der Waals surface area contributed by atoms with Crippen LogP contribution < -0.4 is 14.9 Å². The van der Waals surface area contributed by atoms with Gasteiger partial charge in [0, 0.05) is 5.02 Å². The normalized spacial score (nSPS) is 10.6. The van der Waals surface area contributed by atoms with Crippen LogP contribution in [0.5, 0.6) is 11.5 Å². The zero-order valence-electron chi connectivity index (χ0n) is 14.3. The molecule has 0 saturated heterocycles. The minimum Gasteiger partial charge on any atom is -0.493 e. The lowest BCUT2D eigenvalue weighted by atomic mass is 10.2. The van der Waals surface area contributed by atoms with Gasteiger partial charge in [0.1, 0.15) is 0 Å². The lowest BCUT2D eigenvalue weighted by molar-refractivity contribution is -0.142. The van der Waals surface area contributed by atoms with E-state index in [-0.39, 0.29) is 6.61 Å². The molecule has 0 aromatic heterocycles. The van der Waals surface area contributed by atoms with Crippen LogP contribution in [0.4, 0.5) is 0 Å². The van der Waals surface area contributed by atoms with Gasteiger partial charge in [-0.25, -0.2) is 4.79 Å². The Morgan fingerprint density at radius 3 is 2.77 bits per heavy atom. The Morgan fingerprint density at radius 1 is 1.31 bits per heavy atom. The molecule has 0 unspecified atom stereocenters. The zero-order valence-corrected chi connectivity index (χ0v) is 17.2. The Morgan fingerprint density at radius 2 is 2.08 bits per heavy atom. The highest BCUT2D eigenvalue weighted by Crippen LogP contribution is 2.33. The van der Waals surface area contributed by atoms with Crippen molar-refractivity contribution in [2.75, 3.05) is 20.8 Å². The number of ether oxygens (including phenoxy) is 3. The maximum absolute atomic E-state index is 11.2. The van der Waals surface area contributed by atoms with Gasteiger partial charge in [-0.2, -0.15) is 5.10 Å². The lowest BCUT2D eigenvalue weighted by Gasteiger charge is -2.12. The summed E-state index contributed by atoms with van der Waals surface area (Å²) in [5.74, 6) is 0.533. The molecule has 0 fully saturated rings. The van der Waals surface area contributed by atoms with Crippen LogP contribution in [0.2, 0.25) is 5.02 Å². The predicted molar refractivity (Wildman–Crippen MR) is 109 cm³/mol. The number of halogens is 2. The van der Waals surface area contributed by atoms with E-state index in [0.29, 0.717) is 23.1 Å². The van der Waals surface area contributed by atoms with E-state index >= 15 is 0 Å². The van der Waals surface area contributed by atoms with Gasteiger partial charge >= 0.3 is 5.97 Å². The molecule has 6 nitrogen and oxygen atoms in total. The minimum absolute atomic E-state index is 0.185. The largest absolute Gasteiger partial charge is 0.493 e. The SMILES string of the molecule is COC(=O)COc1c(I)cc(/C=N\NCc2ccccc2Cl)cc1OC. The quantitative estimate of drug-likeness (QED) is 0.266. The number of rotatable bonds is 8. The molecular weight excluding hydrogens is 471 g/mol. The predicted octanol–water partition coefficient (Wildman–Crippen LogP) is 3.63. The summed E-state index contributed by atoms with van der Waals surface area (Å²) in [7, 11) is 2.84. The molecule has 0 aliphatic carbocycles. The first-order valence-corrected chi connectivity index (χ1v) is 9.07. The molecule has 0 spiro atoms. The van der Waals surface area contributed by atoms with Crippen molar-refractivity contribution in [3.05, 3.63) is 56.1 Å². The van der Waals surface area contributed by atoms with Crippen LogP contribution in [-0.2, 0) is 16.1 Å². The average Bonchev–Trinajstić information content (AvgIpc) is 2.64. The van der Waals surface area contributed by atoms with Gasteiger partial charge in [-0.05, 0) is 51.9 Å². The molecule has 26 heavy (non-hydrogen) atoms. The highest BCUT2D eigenvalue weighted by Gasteiger charge is 2.13. The maximum atomic E-state index is 11.2. The average molecular weight is 489 g/mol. The second-order valence-corrected chi connectivity index (χ2v) is 6.65. The Balaban J connectivity index is 2.04. The smallest absolute Gasteiger partial charge is 0.343 e. The Kier molecular flexibility index (Phi) is 7.99. The molecule has 0 saturated carbocycles. The van der Waals surface area contributed by atoms with Crippen LogP contribution in [0.3, 0.4) is 0 Å². The van der Waals surface area contributed by atoms with Crippen LogP contribution in [-0.4, -0.2) is 33.0 Å². The number of nitrogens with zero attached hydrogens (tertiary/aromatic N) is 1. The zero-order chi connectivity index (χ0) is 18.9. The standard InChI is InChI=1S/C18H18ClIN2O4/c1-24-16-8-12(7-15(20)18(16)26-11-17(23)25-2)9-21-22-10-13-5-3-4-6-14(13)19/h3-9,22H,10-11H2,1-2H3/b21-9-. The number of nitrogens with one attached hydrogen (secondary N) is 1. The van der Waals surface area contributed by atoms with Crippen molar-refractivity contribution in [2.24, 2.45) is 5.10 Å². The van der Waals surface area contributed by atoms with Crippen LogP contribution in [0.1, 0.15) is 11.1 Å². The number of methoxy groups -OCH3 is 2. The fraction of sp³-hybridized carbons (Fsp3) is 0.222. The molecule has 2 rings (SSSR count). The van der Waals surface area contributed by atoms with Gasteiger partial charge in [0.2, 0.25) is 0 Å². The number of carbonyl (C=O) groups excluding carboxylic acids is 1. The molecule has 0 bridgehead atoms. The van der Waals surface area contributed by atoms with Crippen molar-refractivity contribution < 1.29 is 19.0 Å². The lowest BCUT2D eigenvalue weighted by Crippen LogP contribution is -2.13. The molecule has 0 atom stereocenters. The number of hydrogen-bond donors (Lipinski definition) is 1. The van der Waals surface area contributed by atoms with Crippen molar-refractivity contribution >= 4 is 46.4 Å². The van der Waals surface area contributed by atoms with Crippen LogP contribution in [0.25, 0.3) is 0 Å². The van der Waals surface area contributed by atoms with Crippen LogP contribution in [0.15, 0.2) is 41.5 Å². The van der Waals surface area contributed by atoms with E-state index < -0.39 is 5.97 Å². The van der Waals surface area contributed by atoms with E-state index in [0.717, 1.165) is 14.7 Å². The van der Waals surface area contributed by atoms with Gasteiger partial charge in [-0.15, -0.1) is 0 Å². The number of hydrazone groups is 1. The van der Waals surface area contributed by atoms with Crippen molar-refractivity contribution in [2.45, 2.75) is 6.54 Å². The monoisotopic (exact) mass is 488 g/mol. The van der Waals surface area contributed by atoms with Gasteiger partial charge in [0.25, 0.3) is 0 Å². The number of benzene rings is 2. The first-order valence-electron chi connectivity index (χ1n) is 7.61. The first kappa shape index (κ1) is 20.3. The van der Waals surface area contributed by atoms with Gasteiger partial charge in [0.05, 0.1) is 30.5 Å².